The lowest BCUT2D eigenvalue weighted by Crippen LogP contribution is -2.52. The quantitative estimate of drug-likeness (QED) is 0.154. The molecule has 1 fully saturated rings. The van der Waals surface area contributed by atoms with E-state index >= 15 is 0 Å². The minimum atomic E-state index is -4.15. The summed E-state index contributed by atoms with van der Waals surface area (Å²) in [4.78, 5) is 12.9. The number of anilines is 1. The molecule has 1 atom stereocenters. The summed E-state index contributed by atoms with van der Waals surface area (Å²) in [5.74, 6) is -0.139. The lowest BCUT2D eigenvalue weighted by atomic mass is 10.0. The Bertz CT molecular complexity index is 2380. The highest BCUT2D eigenvalue weighted by Gasteiger charge is 2.32. The average Bonchev–Trinajstić information content (AvgIpc) is 3.15. The first kappa shape index (κ1) is 34.5. The zero-order chi connectivity index (χ0) is 35.6. The molecule has 51 heavy (non-hydrogen) atoms. The number of pyridine rings is 2. The Labute approximate surface area is 296 Å². The van der Waals surface area contributed by atoms with Crippen molar-refractivity contribution < 1.29 is 25.4 Å². The van der Waals surface area contributed by atoms with Crippen molar-refractivity contribution in [3.63, 3.8) is 0 Å². The van der Waals surface area contributed by atoms with E-state index in [-0.39, 0.29) is 21.4 Å². The third kappa shape index (κ3) is 7.42. The topological polar surface area (TPSA) is 113 Å². The molecule has 10 nitrogen and oxygen atoms in total. The predicted octanol–water partition coefficient (Wildman–Crippen LogP) is 5.74. The Kier molecular flexibility index (Phi) is 9.71. The third-order valence-electron chi connectivity index (χ3n) is 9.36. The van der Waals surface area contributed by atoms with Crippen LogP contribution in [0.25, 0.3) is 21.5 Å². The highest BCUT2D eigenvalue weighted by Crippen LogP contribution is 2.29. The molecule has 2 aromatic heterocycles. The van der Waals surface area contributed by atoms with Crippen LogP contribution in [0.2, 0.25) is 0 Å². The first-order valence-electron chi connectivity index (χ1n) is 16.5. The minimum Gasteiger partial charge on any atom is -0.379 e. The van der Waals surface area contributed by atoms with E-state index in [0.29, 0.717) is 55.3 Å². The second-order valence-corrected chi connectivity index (χ2v) is 16.0. The standard InChI is InChI=1S/C38H36FN5O5S2/c1-42(50(45,46)37-6-2-4-29-25-40-18-16-35(29)37)33(27-43-20-22-44(23-21-43)32-12-10-31(39)11-13-32)24-28-8-14-34(15-9-28)49-51(47,48)38-7-3-5-30-26-41-19-17-36(30)38/h2-19,25-26,33H,20-24,27H2,1H3. The van der Waals surface area contributed by atoms with Gasteiger partial charge >= 0.3 is 10.1 Å². The third-order valence-corrected chi connectivity index (χ3v) is 12.6. The van der Waals surface area contributed by atoms with Crippen molar-refractivity contribution >= 4 is 47.4 Å². The van der Waals surface area contributed by atoms with Crippen LogP contribution in [-0.2, 0) is 26.6 Å². The highest BCUT2D eigenvalue weighted by atomic mass is 32.2. The number of benzene rings is 4. The number of piperazine rings is 1. The summed E-state index contributed by atoms with van der Waals surface area (Å²) in [7, 11) is -6.49. The summed E-state index contributed by atoms with van der Waals surface area (Å²) in [6.45, 7) is 3.26. The normalized spacial score (nSPS) is 15.0. The zero-order valence-electron chi connectivity index (χ0n) is 27.8. The van der Waals surface area contributed by atoms with Gasteiger partial charge in [0.2, 0.25) is 10.0 Å². The van der Waals surface area contributed by atoms with Crippen LogP contribution in [0.4, 0.5) is 10.1 Å². The predicted molar refractivity (Wildman–Crippen MR) is 195 cm³/mol. The van der Waals surface area contributed by atoms with Crippen LogP contribution < -0.4 is 9.08 Å². The van der Waals surface area contributed by atoms with Crippen molar-refractivity contribution in [3.05, 3.63) is 133 Å². The number of likely N-dealkylation sites (N-methyl/N-ethyl adjacent to an activating group) is 1. The molecular weight excluding hydrogens is 690 g/mol. The van der Waals surface area contributed by atoms with E-state index in [0.717, 1.165) is 16.6 Å². The molecule has 0 spiro atoms. The van der Waals surface area contributed by atoms with E-state index in [4.69, 9.17) is 4.18 Å². The van der Waals surface area contributed by atoms with E-state index in [2.05, 4.69) is 19.8 Å². The molecule has 1 aliphatic rings. The van der Waals surface area contributed by atoms with Crippen molar-refractivity contribution in [1.82, 2.24) is 19.2 Å². The maximum atomic E-state index is 14.3. The molecule has 1 aliphatic heterocycles. The van der Waals surface area contributed by atoms with Gasteiger partial charge in [-0.25, -0.2) is 12.8 Å². The smallest absolute Gasteiger partial charge is 0.339 e. The number of rotatable bonds is 11. The molecule has 6 aromatic rings. The maximum absolute atomic E-state index is 14.3. The van der Waals surface area contributed by atoms with Gasteiger partial charge in [-0.1, -0.05) is 36.4 Å². The van der Waals surface area contributed by atoms with Crippen molar-refractivity contribution in [2.24, 2.45) is 0 Å². The molecule has 0 amide bonds. The van der Waals surface area contributed by atoms with Gasteiger partial charge in [0.1, 0.15) is 16.5 Å². The molecule has 1 saturated heterocycles. The van der Waals surface area contributed by atoms with Gasteiger partial charge in [0, 0.05) is 97.8 Å². The minimum absolute atomic E-state index is 0.0436. The van der Waals surface area contributed by atoms with Gasteiger partial charge in [0.15, 0.2) is 0 Å². The second kappa shape index (κ2) is 14.3. The summed E-state index contributed by atoms with van der Waals surface area (Å²) in [6, 6.07) is 26.1. The molecule has 262 valence electrons. The molecule has 3 heterocycles. The lowest BCUT2D eigenvalue weighted by molar-refractivity contribution is 0.200. The van der Waals surface area contributed by atoms with Crippen LogP contribution in [0.15, 0.2) is 132 Å². The lowest BCUT2D eigenvalue weighted by Gasteiger charge is -2.39. The van der Waals surface area contributed by atoms with Gasteiger partial charge < -0.3 is 9.08 Å². The molecule has 0 radical (unpaired) electrons. The number of aromatic nitrogens is 2. The Morgan fingerprint density at radius 3 is 1.96 bits per heavy atom. The van der Waals surface area contributed by atoms with E-state index < -0.39 is 26.2 Å². The molecule has 1 unspecified atom stereocenters. The van der Waals surface area contributed by atoms with Crippen LogP contribution >= 0.6 is 0 Å². The monoisotopic (exact) mass is 725 g/mol. The van der Waals surface area contributed by atoms with Crippen LogP contribution in [0, 0.1) is 5.82 Å². The fourth-order valence-corrected chi connectivity index (χ4v) is 9.26. The first-order valence-corrected chi connectivity index (χ1v) is 19.3. The molecule has 0 bridgehead atoms. The van der Waals surface area contributed by atoms with Gasteiger partial charge in [0.05, 0.1) is 4.90 Å². The number of hydrogen-bond donors (Lipinski definition) is 0. The molecule has 0 saturated carbocycles. The summed E-state index contributed by atoms with van der Waals surface area (Å²) in [6.07, 6.45) is 6.73. The second-order valence-electron chi connectivity index (χ2n) is 12.5. The van der Waals surface area contributed by atoms with Crippen LogP contribution in [0.5, 0.6) is 5.75 Å². The van der Waals surface area contributed by atoms with E-state index in [9.17, 15) is 21.2 Å². The first-order chi connectivity index (χ1) is 24.6. The fourth-order valence-electron chi connectivity index (χ4n) is 6.55. The van der Waals surface area contributed by atoms with E-state index in [1.165, 1.54) is 28.7 Å². The molecular formula is C38H36FN5O5S2. The number of sulfonamides is 1. The maximum Gasteiger partial charge on any atom is 0.339 e. The van der Waals surface area contributed by atoms with Crippen molar-refractivity contribution in [2.75, 3.05) is 44.7 Å². The van der Waals surface area contributed by atoms with Crippen LogP contribution in [0.3, 0.4) is 0 Å². The Morgan fingerprint density at radius 2 is 1.33 bits per heavy atom. The summed E-state index contributed by atoms with van der Waals surface area (Å²) >= 11 is 0. The number of hydrogen-bond acceptors (Lipinski definition) is 9. The largest absolute Gasteiger partial charge is 0.379 e. The van der Waals surface area contributed by atoms with Gasteiger partial charge in [-0.05, 0) is 72.6 Å². The van der Waals surface area contributed by atoms with Crippen molar-refractivity contribution in [3.8, 4) is 5.75 Å². The molecule has 13 heteroatoms. The molecule has 0 aliphatic carbocycles. The Morgan fingerprint density at radius 1 is 0.745 bits per heavy atom. The zero-order valence-corrected chi connectivity index (χ0v) is 29.5. The highest BCUT2D eigenvalue weighted by molar-refractivity contribution is 7.89. The summed E-state index contributed by atoms with van der Waals surface area (Å²) in [5, 5.41) is 2.51. The van der Waals surface area contributed by atoms with Gasteiger partial charge in [-0.2, -0.15) is 12.7 Å². The van der Waals surface area contributed by atoms with Crippen LogP contribution in [-0.4, -0.2) is 81.8 Å². The van der Waals surface area contributed by atoms with Gasteiger partial charge in [-0.3, -0.25) is 14.9 Å². The van der Waals surface area contributed by atoms with E-state index in [1.54, 1.807) is 98.4 Å². The fraction of sp³-hybridized carbons (Fsp3) is 0.211. The van der Waals surface area contributed by atoms with E-state index in [1.807, 2.05) is 6.07 Å². The number of fused-ring (bicyclic) bond motifs is 2. The summed E-state index contributed by atoms with van der Waals surface area (Å²) in [5.41, 5.74) is 1.76. The Balaban J connectivity index is 1.12. The number of nitrogens with zero attached hydrogens (tertiary/aromatic N) is 5. The number of halogens is 1. The molecule has 7 rings (SSSR count). The summed E-state index contributed by atoms with van der Waals surface area (Å²) < 4.78 is 75.7. The van der Waals surface area contributed by atoms with Crippen molar-refractivity contribution in [2.45, 2.75) is 22.3 Å². The molecule has 0 N–H and O–H groups in total. The van der Waals surface area contributed by atoms with Crippen molar-refractivity contribution in [1.29, 1.82) is 0 Å². The van der Waals surface area contributed by atoms with Crippen LogP contribution in [0.1, 0.15) is 5.56 Å². The molecule has 4 aromatic carbocycles. The van der Waals surface area contributed by atoms with Gasteiger partial charge in [0.25, 0.3) is 0 Å². The van der Waals surface area contributed by atoms with Gasteiger partial charge in [-0.15, -0.1) is 0 Å². The average molecular weight is 726 g/mol. The Hall–Kier alpha value is -4.95. The SMILES string of the molecule is CN(C(Cc1ccc(OS(=O)(=O)c2cccc3cnccc23)cc1)CN1CCN(c2ccc(F)cc2)CC1)S(=O)(=O)c1cccc2cnccc12.